The van der Waals surface area contributed by atoms with Crippen LogP contribution in [0, 0.1) is 0 Å². The van der Waals surface area contributed by atoms with Gasteiger partial charge >= 0.3 is 0 Å². The zero-order valence-electron chi connectivity index (χ0n) is 9.32. The zero-order valence-corrected chi connectivity index (χ0v) is 10.1. The quantitative estimate of drug-likeness (QED) is 0.767. The van der Waals surface area contributed by atoms with Crippen molar-refractivity contribution in [2.75, 3.05) is 0 Å². The minimum atomic E-state index is -0.228. The van der Waals surface area contributed by atoms with E-state index in [0.717, 1.165) is 11.5 Å². The SMILES string of the molecule is CC1(OCc2ccccc2)C=CC(Cl)=CC1. The summed E-state index contributed by atoms with van der Waals surface area (Å²) in [6.07, 6.45) is 6.75. The van der Waals surface area contributed by atoms with Gasteiger partial charge in [-0.25, -0.2) is 0 Å². The van der Waals surface area contributed by atoms with E-state index in [2.05, 4.69) is 19.1 Å². The van der Waals surface area contributed by atoms with Gasteiger partial charge in [-0.1, -0.05) is 54.1 Å². The van der Waals surface area contributed by atoms with E-state index >= 15 is 0 Å². The molecule has 1 aliphatic rings. The summed E-state index contributed by atoms with van der Waals surface area (Å²) in [6.45, 7) is 2.71. The average Bonchev–Trinajstić information content (AvgIpc) is 2.33. The summed E-state index contributed by atoms with van der Waals surface area (Å²) in [6, 6.07) is 10.2. The second-order valence-corrected chi connectivity index (χ2v) is 4.65. The number of allylic oxidation sites excluding steroid dienone is 2. The van der Waals surface area contributed by atoms with E-state index in [1.54, 1.807) is 0 Å². The predicted octanol–water partition coefficient (Wildman–Crippen LogP) is 4.04. The molecular formula is C14H15ClO. The summed E-state index contributed by atoms with van der Waals surface area (Å²) < 4.78 is 5.91. The third kappa shape index (κ3) is 2.97. The van der Waals surface area contributed by atoms with E-state index < -0.39 is 0 Å². The van der Waals surface area contributed by atoms with Crippen LogP contribution in [-0.2, 0) is 11.3 Å². The van der Waals surface area contributed by atoms with Gasteiger partial charge in [0, 0.05) is 5.03 Å². The minimum absolute atomic E-state index is 0.228. The number of ether oxygens (including phenoxy) is 1. The predicted molar refractivity (Wildman–Crippen MR) is 67.3 cm³/mol. The van der Waals surface area contributed by atoms with Crippen LogP contribution in [0.25, 0.3) is 0 Å². The molecule has 1 aromatic carbocycles. The van der Waals surface area contributed by atoms with E-state index in [-0.39, 0.29) is 5.60 Å². The molecule has 0 fully saturated rings. The first-order valence-electron chi connectivity index (χ1n) is 5.41. The van der Waals surface area contributed by atoms with Crippen molar-refractivity contribution in [2.45, 2.75) is 25.6 Å². The molecule has 0 spiro atoms. The van der Waals surface area contributed by atoms with Crippen molar-refractivity contribution in [1.82, 2.24) is 0 Å². The summed E-state index contributed by atoms with van der Waals surface area (Å²) in [4.78, 5) is 0. The van der Waals surface area contributed by atoms with Crippen molar-refractivity contribution in [3.63, 3.8) is 0 Å². The van der Waals surface area contributed by atoms with Crippen molar-refractivity contribution < 1.29 is 4.74 Å². The lowest BCUT2D eigenvalue weighted by atomic mass is 9.97. The van der Waals surface area contributed by atoms with Crippen LogP contribution in [0.4, 0.5) is 0 Å². The Hall–Kier alpha value is -1.05. The fourth-order valence-electron chi connectivity index (χ4n) is 1.62. The molecule has 0 N–H and O–H groups in total. The Morgan fingerprint density at radius 1 is 1.31 bits per heavy atom. The normalized spacial score (nSPS) is 24.2. The Morgan fingerprint density at radius 3 is 2.69 bits per heavy atom. The first-order chi connectivity index (χ1) is 7.68. The van der Waals surface area contributed by atoms with Crippen LogP contribution in [0.15, 0.2) is 53.6 Å². The number of halogens is 1. The molecule has 1 aliphatic carbocycles. The van der Waals surface area contributed by atoms with Crippen LogP contribution in [-0.4, -0.2) is 5.60 Å². The van der Waals surface area contributed by atoms with Crippen molar-refractivity contribution in [3.8, 4) is 0 Å². The fraction of sp³-hybridized carbons (Fsp3) is 0.286. The van der Waals surface area contributed by atoms with Gasteiger partial charge in [0.1, 0.15) is 0 Å². The number of hydrogen-bond donors (Lipinski definition) is 0. The molecule has 0 aromatic heterocycles. The van der Waals surface area contributed by atoms with E-state index in [1.165, 1.54) is 5.56 Å². The molecule has 2 heteroatoms. The van der Waals surface area contributed by atoms with Crippen LogP contribution < -0.4 is 0 Å². The van der Waals surface area contributed by atoms with E-state index in [0.29, 0.717) is 6.61 Å². The third-order valence-electron chi connectivity index (χ3n) is 2.71. The lowest BCUT2D eigenvalue weighted by Crippen LogP contribution is -2.26. The zero-order chi connectivity index (χ0) is 11.4. The molecule has 84 valence electrons. The highest BCUT2D eigenvalue weighted by molar-refractivity contribution is 6.31. The van der Waals surface area contributed by atoms with Gasteiger partial charge in [0.15, 0.2) is 0 Å². The highest BCUT2D eigenvalue weighted by Crippen LogP contribution is 2.26. The van der Waals surface area contributed by atoms with Crippen LogP contribution >= 0.6 is 11.6 Å². The standard InChI is InChI=1S/C14H15ClO/c1-14(9-7-13(15)8-10-14)16-11-12-5-3-2-4-6-12/h2-9H,10-11H2,1H3. The van der Waals surface area contributed by atoms with Gasteiger partial charge in [0.05, 0.1) is 12.2 Å². The molecule has 0 saturated carbocycles. The maximum Gasteiger partial charge on any atom is 0.0877 e. The van der Waals surface area contributed by atoms with Gasteiger partial charge in [-0.3, -0.25) is 0 Å². The average molecular weight is 235 g/mol. The molecule has 0 heterocycles. The largest absolute Gasteiger partial charge is 0.366 e. The second kappa shape index (κ2) is 4.86. The molecule has 0 saturated heterocycles. The second-order valence-electron chi connectivity index (χ2n) is 4.21. The Morgan fingerprint density at radius 2 is 2.06 bits per heavy atom. The van der Waals surface area contributed by atoms with Crippen LogP contribution in [0.2, 0.25) is 0 Å². The Balaban J connectivity index is 1.94. The maximum atomic E-state index is 5.91. The van der Waals surface area contributed by atoms with Crippen LogP contribution in [0.5, 0.6) is 0 Å². The lowest BCUT2D eigenvalue weighted by Gasteiger charge is -2.27. The van der Waals surface area contributed by atoms with Crippen LogP contribution in [0.3, 0.4) is 0 Å². The summed E-state index contributed by atoms with van der Waals surface area (Å²) in [5, 5.41) is 0.792. The summed E-state index contributed by atoms with van der Waals surface area (Å²) in [5.74, 6) is 0. The molecule has 0 radical (unpaired) electrons. The van der Waals surface area contributed by atoms with Gasteiger partial charge in [0.25, 0.3) is 0 Å². The minimum Gasteiger partial charge on any atom is -0.366 e. The van der Waals surface area contributed by atoms with Gasteiger partial charge in [0.2, 0.25) is 0 Å². The number of benzene rings is 1. The molecule has 1 nitrogen and oxygen atoms in total. The Labute approximate surface area is 101 Å². The van der Waals surface area contributed by atoms with Crippen molar-refractivity contribution >= 4 is 11.6 Å². The summed E-state index contributed by atoms with van der Waals surface area (Å²) in [7, 11) is 0. The fourth-order valence-corrected chi connectivity index (χ4v) is 1.76. The molecule has 2 rings (SSSR count). The number of hydrogen-bond acceptors (Lipinski definition) is 1. The highest BCUT2D eigenvalue weighted by Gasteiger charge is 2.22. The van der Waals surface area contributed by atoms with Crippen LogP contribution in [0.1, 0.15) is 18.9 Å². The molecule has 16 heavy (non-hydrogen) atoms. The first-order valence-corrected chi connectivity index (χ1v) is 5.79. The van der Waals surface area contributed by atoms with E-state index in [4.69, 9.17) is 16.3 Å². The number of rotatable bonds is 3. The van der Waals surface area contributed by atoms with Gasteiger partial charge < -0.3 is 4.74 Å². The summed E-state index contributed by atoms with van der Waals surface area (Å²) >= 11 is 5.88. The van der Waals surface area contributed by atoms with E-state index in [1.807, 2.05) is 36.4 Å². The molecular weight excluding hydrogens is 220 g/mol. The monoisotopic (exact) mass is 234 g/mol. The molecule has 0 bridgehead atoms. The molecule has 0 aliphatic heterocycles. The Bertz CT molecular complexity index is 408. The topological polar surface area (TPSA) is 9.23 Å². The lowest BCUT2D eigenvalue weighted by molar-refractivity contribution is -0.00533. The summed E-state index contributed by atoms with van der Waals surface area (Å²) in [5.41, 5.74) is 0.964. The van der Waals surface area contributed by atoms with Gasteiger partial charge in [-0.15, -0.1) is 0 Å². The van der Waals surface area contributed by atoms with Crippen molar-refractivity contribution in [3.05, 3.63) is 59.2 Å². The molecule has 1 unspecified atom stereocenters. The van der Waals surface area contributed by atoms with Gasteiger partial charge in [-0.05, 0) is 25.0 Å². The third-order valence-corrected chi connectivity index (χ3v) is 2.99. The smallest absolute Gasteiger partial charge is 0.0877 e. The first kappa shape index (κ1) is 11.4. The van der Waals surface area contributed by atoms with Crippen molar-refractivity contribution in [1.29, 1.82) is 0 Å². The van der Waals surface area contributed by atoms with E-state index in [9.17, 15) is 0 Å². The highest BCUT2D eigenvalue weighted by atomic mass is 35.5. The molecule has 1 aromatic rings. The Kier molecular flexibility index (Phi) is 3.47. The molecule has 0 amide bonds. The maximum absolute atomic E-state index is 5.91. The van der Waals surface area contributed by atoms with Crippen molar-refractivity contribution in [2.24, 2.45) is 0 Å². The molecule has 1 atom stereocenters. The van der Waals surface area contributed by atoms with Gasteiger partial charge in [-0.2, -0.15) is 0 Å².